The minimum Gasteiger partial charge on any atom is -0.377 e. The number of urea groups is 1. The summed E-state index contributed by atoms with van der Waals surface area (Å²) in [6, 6.07) is 6.62. The van der Waals surface area contributed by atoms with Gasteiger partial charge in [0.2, 0.25) is 5.91 Å². The summed E-state index contributed by atoms with van der Waals surface area (Å²) in [6.07, 6.45) is 3.14. The fourth-order valence-corrected chi connectivity index (χ4v) is 4.57. The van der Waals surface area contributed by atoms with Crippen molar-refractivity contribution in [1.82, 2.24) is 14.9 Å². The monoisotopic (exact) mass is 450 g/mol. The smallest absolute Gasteiger partial charge is 0.316 e. The molecule has 2 atom stereocenters. The largest absolute Gasteiger partial charge is 0.377 e. The molecule has 3 heterocycles. The summed E-state index contributed by atoms with van der Waals surface area (Å²) in [7, 11) is 0. The topological polar surface area (TPSA) is 114 Å². The van der Waals surface area contributed by atoms with Crippen molar-refractivity contribution in [1.29, 1.82) is 0 Å². The zero-order valence-corrected chi connectivity index (χ0v) is 19.1. The van der Waals surface area contributed by atoms with Gasteiger partial charge in [0.15, 0.2) is 5.82 Å². The number of morpholine rings is 1. The van der Waals surface area contributed by atoms with Gasteiger partial charge in [0.1, 0.15) is 5.82 Å². The van der Waals surface area contributed by atoms with Crippen LogP contribution in [-0.2, 0) is 16.0 Å². The Morgan fingerprint density at radius 2 is 2.03 bits per heavy atom. The SMILES string of the molecule is C=CC[C@H]1c2nc(-c3ccc(NC(N)=O)cc3)nc(N3CCOC[C@@H]3C)c2CCN1C(C)=O. The molecule has 0 bridgehead atoms. The number of hydrogen-bond donors (Lipinski definition) is 2. The lowest BCUT2D eigenvalue weighted by Crippen LogP contribution is -2.46. The van der Waals surface area contributed by atoms with E-state index >= 15 is 0 Å². The van der Waals surface area contributed by atoms with Crippen LogP contribution >= 0.6 is 0 Å². The predicted molar refractivity (Wildman–Crippen MR) is 127 cm³/mol. The Morgan fingerprint density at radius 1 is 1.27 bits per heavy atom. The highest BCUT2D eigenvalue weighted by atomic mass is 16.5. The lowest BCUT2D eigenvalue weighted by molar-refractivity contribution is -0.131. The Bertz CT molecular complexity index is 1050. The maximum atomic E-state index is 12.4. The molecule has 33 heavy (non-hydrogen) atoms. The van der Waals surface area contributed by atoms with Crippen LogP contribution in [-0.4, -0.2) is 59.2 Å². The average molecular weight is 451 g/mol. The molecule has 174 valence electrons. The lowest BCUT2D eigenvalue weighted by Gasteiger charge is -2.40. The number of primary amides is 1. The van der Waals surface area contributed by atoms with Crippen LogP contribution in [0.25, 0.3) is 11.4 Å². The number of amides is 3. The summed E-state index contributed by atoms with van der Waals surface area (Å²) >= 11 is 0. The van der Waals surface area contributed by atoms with Crippen molar-refractivity contribution in [2.75, 3.05) is 36.5 Å². The van der Waals surface area contributed by atoms with Crippen LogP contribution in [0.1, 0.15) is 37.6 Å². The second kappa shape index (κ2) is 9.58. The zero-order chi connectivity index (χ0) is 23.5. The van der Waals surface area contributed by atoms with Crippen LogP contribution in [0, 0.1) is 0 Å². The number of nitrogens with two attached hydrogens (primary N) is 1. The molecule has 9 heteroatoms. The number of aromatic nitrogens is 2. The van der Waals surface area contributed by atoms with Gasteiger partial charge in [0.05, 0.1) is 31.0 Å². The van der Waals surface area contributed by atoms with E-state index in [4.69, 9.17) is 20.4 Å². The first-order chi connectivity index (χ1) is 15.9. The minimum absolute atomic E-state index is 0.0239. The van der Waals surface area contributed by atoms with E-state index in [0.29, 0.717) is 44.1 Å². The highest BCUT2D eigenvalue weighted by molar-refractivity contribution is 5.88. The third kappa shape index (κ3) is 4.68. The van der Waals surface area contributed by atoms with E-state index in [1.54, 1.807) is 19.1 Å². The van der Waals surface area contributed by atoms with E-state index < -0.39 is 6.03 Å². The number of fused-ring (bicyclic) bond motifs is 1. The van der Waals surface area contributed by atoms with Crippen LogP contribution < -0.4 is 16.0 Å². The molecule has 2 aliphatic rings. The summed E-state index contributed by atoms with van der Waals surface area (Å²) in [5.41, 5.74) is 8.58. The fourth-order valence-electron chi connectivity index (χ4n) is 4.57. The highest BCUT2D eigenvalue weighted by Crippen LogP contribution is 2.38. The maximum absolute atomic E-state index is 12.4. The molecule has 0 radical (unpaired) electrons. The second-order valence-electron chi connectivity index (χ2n) is 8.42. The number of carbonyl (C=O) groups excluding carboxylic acids is 2. The van der Waals surface area contributed by atoms with Crippen molar-refractivity contribution in [2.45, 2.75) is 38.8 Å². The van der Waals surface area contributed by atoms with E-state index in [1.807, 2.05) is 23.1 Å². The van der Waals surface area contributed by atoms with Crippen molar-refractivity contribution < 1.29 is 14.3 Å². The first-order valence-corrected chi connectivity index (χ1v) is 11.2. The Hall–Kier alpha value is -3.46. The van der Waals surface area contributed by atoms with E-state index in [-0.39, 0.29) is 18.0 Å². The van der Waals surface area contributed by atoms with Gasteiger partial charge in [0, 0.05) is 36.8 Å². The third-order valence-electron chi connectivity index (χ3n) is 6.16. The van der Waals surface area contributed by atoms with Gasteiger partial charge in [-0.05, 0) is 44.0 Å². The van der Waals surface area contributed by atoms with Crippen LogP contribution in [0.5, 0.6) is 0 Å². The Balaban J connectivity index is 1.84. The summed E-state index contributed by atoms with van der Waals surface area (Å²) in [4.78, 5) is 37.7. The number of rotatable bonds is 5. The van der Waals surface area contributed by atoms with Gasteiger partial charge in [0.25, 0.3) is 0 Å². The van der Waals surface area contributed by atoms with Crippen molar-refractivity contribution in [3.05, 3.63) is 48.2 Å². The molecule has 3 N–H and O–H groups in total. The molecule has 3 amide bonds. The summed E-state index contributed by atoms with van der Waals surface area (Å²) in [6.45, 7) is 10.3. The van der Waals surface area contributed by atoms with Crippen molar-refractivity contribution in [3.8, 4) is 11.4 Å². The van der Waals surface area contributed by atoms with E-state index in [2.05, 4.69) is 23.7 Å². The second-order valence-corrected chi connectivity index (χ2v) is 8.42. The quantitative estimate of drug-likeness (QED) is 0.677. The molecular weight excluding hydrogens is 420 g/mol. The highest BCUT2D eigenvalue weighted by Gasteiger charge is 2.35. The van der Waals surface area contributed by atoms with Crippen molar-refractivity contribution in [2.24, 2.45) is 5.73 Å². The van der Waals surface area contributed by atoms with Crippen LogP contribution in [0.4, 0.5) is 16.3 Å². The van der Waals surface area contributed by atoms with E-state index in [0.717, 1.165) is 29.2 Å². The summed E-state index contributed by atoms with van der Waals surface area (Å²) in [5.74, 6) is 1.51. The molecule has 0 unspecified atom stereocenters. The molecule has 1 fully saturated rings. The molecule has 1 saturated heterocycles. The molecule has 0 saturated carbocycles. The lowest BCUT2D eigenvalue weighted by atomic mass is 9.94. The first-order valence-electron chi connectivity index (χ1n) is 11.2. The van der Waals surface area contributed by atoms with Gasteiger partial charge in [-0.1, -0.05) is 6.08 Å². The molecule has 2 aliphatic heterocycles. The normalized spacial score (nSPS) is 20.2. The summed E-state index contributed by atoms with van der Waals surface area (Å²) in [5, 5.41) is 2.57. The number of hydrogen-bond acceptors (Lipinski definition) is 6. The molecule has 0 aliphatic carbocycles. The predicted octanol–water partition coefficient (Wildman–Crippen LogP) is 2.88. The molecule has 2 aromatic rings. The van der Waals surface area contributed by atoms with Gasteiger partial charge >= 0.3 is 6.03 Å². The molecule has 9 nitrogen and oxygen atoms in total. The Labute approximate surface area is 193 Å². The number of nitrogens with one attached hydrogen (secondary N) is 1. The van der Waals surface area contributed by atoms with Gasteiger partial charge in [-0.2, -0.15) is 0 Å². The molecule has 1 aromatic carbocycles. The van der Waals surface area contributed by atoms with Crippen LogP contribution in [0.3, 0.4) is 0 Å². The zero-order valence-electron chi connectivity index (χ0n) is 19.1. The molecular formula is C24H30N6O3. The number of benzene rings is 1. The van der Waals surface area contributed by atoms with Crippen LogP contribution in [0.2, 0.25) is 0 Å². The maximum Gasteiger partial charge on any atom is 0.316 e. The number of nitrogens with zero attached hydrogens (tertiary/aromatic N) is 4. The fraction of sp³-hybridized carbons (Fsp3) is 0.417. The van der Waals surface area contributed by atoms with Crippen LogP contribution in [0.15, 0.2) is 36.9 Å². The van der Waals surface area contributed by atoms with E-state index in [1.165, 1.54) is 0 Å². The number of ether oxygens (including phenoxy) is 1. The standard InChI is InChI=1S/C24H30N6O3/c1-4-5-20-21-19(10-11-30(20)16(3)31)23(29-12-13-33-14-15(29)2)28-22(27-21)17-6-8-18(9-7-17)26-24(25)32/h4,6-9,15,20H,1,5,10-14H2,2-3H3,(H3,25,26,32)/t15-,20-/m0/s1. The molecule has 0 spiro atoms. The summed E-state index contributed by atoms with van der Waals surface area (Å²) < 4.78 is 5.65. The van der Waals surface area contributed by atoms with Crippen molar-refractivity contribution >= 4 is 23.4 Å². The van der Waals surface area contributed by atoms with Gasteiger partial charge in [-0.25, -0.2) is 14.8 Å². The third-order valence-corrected chi connectivity index (χ3v) is 6.16. The van der Waals surface area contributed by atoms with E-state index in [9.17, 15) is 9.59 Å². The van der Waals surface area contributed by atoms with Crippen molar-refractivity contribution in [3.63, 3.8) is 0 Å². The average Bonchev–Trinajstić information content (AvgIpc) is 2.79. The molecule has 4 rings (SSSR count). The Kier molecular flexibility index (Phi) is 6.60. The Morgan fingerprint density at radius 3 is 2.67 bits per heavy atom. The first kappa shape index (κ1) is 22.7. The molecule has 1 aromatic heterocycles. The number of anilines is 2. The number of carbonyl (C=O) groups is 2. The van der Waals surface area contributed by atoms with Gasteiger partial charge < -0.3 is 25.6 Å². The minimum atomic E-state index is -0.618. The van der Waals surface area contributed by atoms with Gasteiger partial charge in [-0.15, -0.1) is 6.58 Å². The van der Waals surface area contributed by atoms with Gasteiger partial charge in [-0.3, -0.25) is 4.79 Å².